The summed E-state index contributed by atoms with van der Waals surface area (Å²) in [6.45, 7) is 3.02. The minimum atomic E-state index is -2.89. The highest BCUT2D eigenvalue weighted by atomic mass is 19.3. The van der Waals surface area contributed by atoms with E-state index in [0.29, 0.717) is 48.9 Å². The van der Waals surface area contributed by atoms with Gasteiger partial charge in [0.2, 0.25) is 5.95 Å². The molecule has 10 heteroatoms. The van der Waals surface area contributed by atoms with Gasteiger partial charge in [0, 0.05) is 32.5 Å². The first kappa shape index (κ1) is 24.1. The third-order valence-corrected chi connectivity index (χ3v) is 4.77. The fourth-order valence-corrected chi connectivity index (χ4v) is 3.37. The van der Waals surface area contributed by atoms with Crippen molar-refractivity contribution in [2.24, 2.45) is 0 Å². The molecular formula is C23H27F2N5O3. The Morgan fingerprint density at radius 1 is 1.27 bits per heavy atom. The molecule has 0 bridgehead atoms. The summed E-state index contributed by atoms with van der Waals surface area (Å²) in [6, 6.07) is 7.80. The molecule has 0 radical (unpaired) electrons. The first-order valence-electron chi connectivity index (χ1n) is 10.4. The van der Waals surface area contributed by atoms with Crippen LogP contribution in [-0.4, -0.2) is 55.2 Å². The number of alkyl halides is 2. The molecule has 2 aromatic rings. The van der Waals surface area contributed by atoms with E-state index in [1.807, 2.05) is 18.7 Å². The fraction of sp³-hybridized carbons (Fsp3) is 0.348. The summed E-state index contributed by atoms with van der Waals surface area (Å²) in [7, 11) is 1.72. The van der Waals surface area contributed by atoms with Crippen molar-refractivity contribution in [3.05, 3.63) is 60.1 Å². The van der Waals surface area contributed by atoms with Crippen LogP contribution in [0.1, 0.15) is 19.4 Å². The van der Waals surface area contributed by atoms with Gasteiger partial charge in [0.1, 0.15) is 11.6 Å². The summed E-state index contributed by atoms with van der Waals surface area (Å²) in [4.78, 5) is 22.7. The Labute approximate surface area is 191 Å². The van der Waals surface area contributed by atoms with E-state index in [1.165, 1.54) is 12.1 Å². The monoisotopic (exact) mass is 459 g/mol. The van der Waals surface area contributed by atoms with Crippen molar-refractivity contribution in [3.8, 4) is 5.75 Å². The van der Waals surface area contributed by atoms with Gasteiger partial charge in [-0.25, -0.2) is 4.98 Å². The maximum atomic E-state index is 12.4. The minimum absolute atomic E-state index is 0.0510. The first-order chi connectivity index (χ1) is 15.8. The molecule has 8 nitrogen and oxygen atoms in total. The number of nitrogens with one attached hydrogen (secondary N) is 2. The molecular weight excluding hydrogens is 432 g/mol. The van der Waals surface area contributed by atoms with E-state index < -0.39 is 6.61 Å². The third-order valence-electron chi connectivity index (χ3n) is 4.77. The van der Waals surface area contributed by atoms with Crippen LogP contribution in [0.3, 0.4) is 0 Å². The van der Waals surface area contributed by atoms with E-state index in [2.05, 4.69) is 25.3 Å². The van der Waals surface area contributed by atoms with E-state index in [9.17, 15) is 13.6 Å². The van der Waals surface area contributed by atoms with Crippen LogP contribution in [0.5, 0.6) is 5.75 Å². The number of hydrogen-bond donors (Lipinski definition) is 2. The van der Waals surface area contributed by atoms with Crippen molar-refractivity contribution < 1.29 is 23.0 Å². The van der Waals surface area contributed by atoms with Gasteiger partial charge >= 0.3 is 6.61 Å². The zero-order valence-electron chi connectivity index (χ0n) is 18.7. The predicted octanol–water partition coefficient (Wildman–Crippen LogP) is 3.45. The van der Waals surface area contributed by atoms with Crippen LogP contribution in [-0.2, 0) is 9.53 Å². The molecule has 33 heavy (non-hydrogen) atoms. The van der Waals surface area contributed by atoms with Crippen LogP contribution >= 0.6 is 0 Å². The molecule has 0 aliphatic carbocycles. The fourth-order valence-electron chi connectivity index (χ4n) is 3.37. The zero-order valence-corrected chi connectivity index (χ0v) is 18.7. The maximum Gasteiger partial charge on any atom is 0.387 e. The number of carbonyl (C=O) groups is 1. The number of carbonyl (C=O) groups excluding carboxylic acids is 1. The van der Waals surface area contributed by atoms with E-state index in [1.54, 1.807) is 43.7 Å². The van der Waals surface area contributed by atoms with Gasteiger partial charge < -0.3 is 25.0 Å². The molecule has 3 rings (SSSR count). The number of hydrogen-bond acceptors (Lipinski definition) is 8. The first-order valence-corrected chi connectivity index (χ1v) is 10.4. The topological polar surface area (TPSA) is 88.6 Å². The molecule has 1 aliphatic rings. The molecule has 1 aromatic carbocycles. The highest BCUT2D eigenvalue weighted by Gasteiger charge is 2.28. The van der Waals surface area contributed by atoms with Gasteiger partial charge in [-0.2, -0.15) is 13.8 Å². The zero-order chi connectivity index (χ0) is 23.8. The standard InChI is InChI=1S/C23H27F2N5O3/c1-23(2)15-30(10-11-32-23)22-27-9-8-20(29-22)28-18(14-31)12-17(13-26-3)16-4-6-19(7-5-16)33-21(24)25/h4-9,12-14,21,26H,10-11,15H2,1-3H3,(H,27,28,29)/b17-13+,18-12+. The van der Waals surface area contributed by atoms with E-state index in [0.717, 1.165) is 0 Å². The Kier molecular flexibility index (Phi) is 7.94. The van der Waals surface area contributed by atoms with E-state index in [4.69, 9.17) is 4.74 Å². The average molecular weight is 459 g/mol. The van der Waals surface area contributed by atoms with Crippen LogP contribution in [0.15, 0.2) is 54.5 Å². The molecule has 1 saturated heterocycles. The van der Waals surface area contributed by atoms with Gasteiger partial charge in [0.15, 0.2) is 6.29 Å². The Morgan fingerprint density at radius 3 is 2.67 bits per heavy atom. The summed E-state index contributed by atoms with van der Waals surface area (Å²) < 4.78 is 34.9. The molecule has 0 saturated carbocycles. The van der Waals surface area contributed by atoms with Crippen molar-refractivity contribution in [3.63, 3.8) is 0 Å². The highest BCUT2D eigenvalue weighted by molar-refractivity contribution is 5.86. The van der Waals surface area contributed by atoms with Gasteiger partial charge in [0.05, 0.1) is 17.9 Å². The number of aromatic nitrogens is 2. The number of benzene rings is 1. The van der Waals surface area contributed by atoms with Gasteiger partial charge in [-0.05, 0) is 49.3 Å². The van der Waals surface area contributed by atoms with Gasteiger partial charge in [0.25, 0.3) is 0 Å². The molecule has 1 aromatic heterocycles. The number of anilines is 2. The van der Waals surface area contributed by atoms with Gasteiger partial charge in [-0.3, -0.25) is 4.79 Å². The van der Waals surface area contributed by atoms with Gasteiger partial charge in [-0.1, -0.05) is 12.1 Å². The normalized spacial score (nSPS) is 16.5. The largest absolute Gasteiger partial charge is 0.435 e. The Balaban J connectivity index is 1.79. The van der Waals surface area contributed by atoms with Crippen LogP contribution in [0, 0.1) is 0 Å². The van der Waals surface area contributed by atoms with Crippen LogP contribution in [0.25, 0.3) is 5.57 Å². The SMILES string of the molecule is CN/C=C(\C=C(/C=O)Nc1ccnc(N2CCOC(C)(C)C2)n1)c1ccc(OC(F)F)cc1. The number of rotatable bonds is 9. The summed E-state index contributed by atoms with van der Waals surface area (Å²) in [5, 5.41) is 5.94. The lowest BCUT2D eigenvalue weighted by molar-refractivity contribution is -0.104. The second-order valence-corrected chi connectivity index (χ2v) is 7.91. The van der Waals surface area contributed by atoms with E-state index in [-0.39, 0.29) is 17.0 Å². The van der Waals surface area contributed by atoms with Gasteiger partial charge in [-0.15, -0.1) is 0 Å². The highest BCUT2D eigenvalue weighted by Crippen LogP contribution is 2.23. The number of morpholine rings is 1. The molecule has 0 atom stereocenters. The lowest BCUT2D eigenvalue weighted by atomic mass is 10.1. The average Bonchev–Trinajstić information content (AvgIpc) is 2.78. The number of nitrogens with zero attached hydrogens (tertiary/aromatic N) is 3. The maximum absolute atomic E-state index is 12.4. The second-order valence-electron chi connectivity index (χ2n) is 7.91. The molecule has 0 spiro atoms. The summed E-state index contributed by atoms with van der Waals surface area (Å²) >= 11 is 0. The molecule has 2 heterocycles. The van der Waals surface area contributed by atoms with Crippen LogP contribution in [0.4, 0.5) is 20.5 Å². The lowest BCUT2D eigenvalue weighted by Crippen LogP contribution is -2.49. The number of allylic oxidation sites excluding steroid dienone is 3. The minimum Gasteiger partial charge on any atom is -0.435 e. The molecule has 1 fully saturated rings. The molecule has 2 N–H and O–H groups in total. The van der Waals surface area contributed by atoms with Crippen molar-refractivity contribution in [1.82, 2.24) is 15.3 Å². The number of halogens is 2. The number of ether oxygens (including phenoxy) is 2. The third kappa shape index (κ3) is 6.98. The quantitative estimate of drug-likeness (QED) is 0.335. The predicted molar refractivity (Wildman–Crippen MR) is 122 cm³/mol. The van der Waals surface area contributed by atoms with Crippen molar-refractivity contribution in [2.75, 3.05) is 37.0 Å². The number of aldehydes is 1. The van der Waals surface area contributed by atoms with Crippen LogP contribution < -0.4 is 20.3 Å². The Morgan fingerprint density at radius 2 is 2.03 bits per heavy atom. The van der Waals surface area contributed by atoms with Crippen molar-refractivity contribution in [1.29, 1.82) is 0 Å². The molecule has 1 aliphatic heterocycles. The van der Waals surface area contributed by atoms with Crippen LogP contribution in [0.2, 0.25) is 0 Å². The molecule has 176 valence electrons. The smallest absolute Gasteiger partial charge is 0.387 e. The summed E-state index contributed by atoms with van der Waals surface area (Å²) in [5.41, 5.74) is 1.31. The Hall–Kier alpha value is -3.53. The summed E-state index contributed by atoms with van der Waals surface area (Å²) in [5.74, 6) is 1.06. The van der Waals surface area contributed by atoms with E-state index >= 15 is 0 Å². The summed E-state index contributed by atoms with van der Waals surface area (Å²) in [6.07, 6.45) is 5.63. The van der Waals surface area contributed by atoms with Crippen molar-refractivity contribution >= 4 is 23.6 Å². The Bertz CT molecular complexity index is 1010. The van der Waals surface area contributed by atoms with Crippen molar-refractivity contribution in [2.45, 2.75) is 26.1 Å². The second kappa shape index (κ2) is 10.9. The molecule has 0 amide bonds. The lowest BCUT2D eigenvalue weighted by Gasteiger charge is -2.38. The molecule has 0 unspecified atom stereocenters.